The molecule has 0 saturated heterocycles. The second-order valence-corrected chi connectivity index (χ2v) is 8.51. The average molecular weight is 351 g/mol. The Morgan fingerprint density at radius 2 is 1.88 bits per heavy atom. The van der Waals surface area contributed by atoms with Crippen molar-refractivity contribution in [1.29, 1.82) is 0 Å². The number of Topliss-reactive ketones (excluding diaryl/α,β-unsaturated/α-hetero) is 1. The molecule has 1 unspecified atom stereocenters. The Balaban J connectivity index is 2.84. The maximum absolute atomic E-state index is 12.8. The molecule has 142 valence electrons. The Morgan fingerprint density at radius 1 is 1.24 bits per heavy atom. The van der Waals surface area contributed by atoms with Crippen LogP contribution in [0.15, 0.2) is 12.5 Å². The molecule has 6 nitrogen and oxygen atoms in total. The number of ether oxygens (including phenoxy) is 1. The van der Waals surface area contributed by atoms with Crippen LogP contribution < -0.4 is 5.32 Å². The second-order valence-electron chi connectivity index (χ2n) is 8.51. The summed E-state index contributed by atoms with van der Waals surface area (Å²) in [6, 6.07) is -0.362. The summed E-state index contributed by atoms with van der Waals surface area (Å²) in [4.78, 5) is 29.0. The van der Waals surface area contributed by atoms with Gasteiger partial charge >= 0.3 is 6.09 Å². The molecule has 0 aliphatic carbocycles. The minimum Gasteiger partial charge on any atom is -0.449 e. The summed E-state index contributed by atoms with van der Waals surface area (Å²) in [6.45, 7) is 14.3. The lowest BCUT2D eigenvalue weighted by molar-refractivity contribution is -0.128. The molecule has 6 heteroatoms. The van der Waals surface area contributed by atoms with Gasteiger partial charge in [-0.2, -0.15) is 0 Å². The van der Waals surface area contributed by atoms with E-state index in [2.05, 4.69) is 10.3 Å². The molecule has 0 amide bonds. The van der Waals surface area contributed by atoms with Crippen molar-refractivity contribution in [2.45, 2.75) is 79.3 Å². The van der Waals surface area contributed by atoms with Crippen LogP contribution in [0.5, 0.6) is 0 Å². The number of unbranched alkanes of at least 4 members (excludes halogenated alkanes) is 1. The monoisotopic (exact) mass is 351 g/mol. The van der Waals surface area contributed by atoms with Crippen molar-refractivity contribution in [3.8, 4) is 0 Å². The number of rotatable bonds is 7. The van der Waals surface area contributed by atoms with Crippen molar-refractivity contribution in [3.63, 3.8) is 0 Å². The third-order valence-electron chi connectivity index (χ3n) is 3.65. The van der Waals surface area contributed by atoms with Crippen molar-refractivity contribution in [1.82, 2.24) is 14.9 Å². The quantitative estimate of drug-likeness (QED) is 0.760. The molecular formula is C19H33N3O3. The van der Waals surface area contributed by atoms with Crippen molar-refractivity contribution < 1.29 is 14.3 Å². The average Bonchev–Trinajstić information content (AvgIpc) is 2.92. The van der Waals surface area contributed by atoms with Gasteiger partial charge in [0.1, 0.15) is 6.33 Å². The van der Waals surface area contributed by atoms with Crippen LogP contribution in [0, 0.1) is 5.41 Å². The number of hydrogen-bond donors (Lipinski definition) is 1. The first-order chi connectivity index (χ1) is 11.4. The topological polar surface area (TPSA) is 73.2 Å². The third-order valence-corrected chi connectivity index (χ3v) is 3.65. The highest BCUT2D eigenvalue weighted by Gasteiger charge is 2.32. The zero-order valence-electron chi connectivity index (χ0n) is 16.7. The molecule has 1 atom stereocenters. The van der Waals surface area contributed by atoms with Crippen molar-refractivity contribution in [2.24, 2.45) is 5.41 Å². The summed E-state index contributed by atoms with van der Waals surface area (Å²) < 4.78 is 6.50. The normalized spacial score (nSPS) is 13.6. The van der Waals surface area contributed by atoms with Crippen LogP contribution in [-0.4, -0.2) is 39.6 Å². The van der Waals surface area contributed by atoms with Gasteiger partial charge in [0.15, 0.2) is 5.78 Å². The van der Waals surface area contributed by atoms with E-state index in [1.165, 1.54) is 10.9 Å². The van der Waals surface area contributed by atoms with Gasteiger partial charge in [-0.05, 0) is 27.2 Å². The van der Waals surface area contributed by atoms with E-state index in [0.717, 1.165) is 12.8 Å². The van der Waals surface area contributed by atoms with Crippen LogP contribution in [0.25, 0.3) is 0 Å². The van der Waals surface area contributed by atoms with E-state index < -0.39 is 11.5 Å². The summed E-state index contributed by atoms with van der Waals surface area (Å²) in [5.41, 5.74) is 0.0319. The first kappa shape index (κ1) is 21.4. The Bertz CT molecular complexity index is 579. The molecule has 1 heterocycles. The summed E-state index contributed by atoms with van der Waals surface area (Å²) in [5, 5.41) is 3.38. The molecular weight excluding hydrogens is 318 g/mol. The zero-order chi connectivity index (χ0) is 19.3. The van der Waals surface area contributed by atoms with Gasteiger partial charge in [0, 0.05) is 23.6 Å². The Kier molecular flexibility index (Phi) is 7.35. The molecule has 1 N–H and O–H groups in total. The molecule has 1 aromatic heterocycles. The minimum absolute atomic E-state index is 0.127. The summed E-state index contributed by atoms with van der Waals surface area (Å²) in [6.07, 6.45) is 4.89. The Hall–Kier alpha value is -1.69. The highest BCUT2D eigenvalue weighted by molar-refractivity contribution is 5.89. The Morgan fingerprint density at radius 3 is 2.40 bits per heavy atom. The van der Waals surface area contributed by atoms with Gasteiger partial charge in [0.05, 0.1) is 18.3 Å². The molecule has 1 rings (SSSR count). The van der Waals surface area contributed by atoms with E-state index >= 15 is 0 Å². The number of nitrogens with one attached hydrogen (secondary N) is 1. The molecule has 0 spiro atoms. The van der Waals surface area contributed by atoms with E-state index in [4.69, 9.17) is 4.74 Å². The minimum atomic E-state index is -0.454. The van der Waals surface area contributed by atoms with Gasteiger partial charge in [-0.3, -0.25) is 4.79 Å². The fraction of sp³-hybridized carbons (Fsp3) is 0.737. The van der Waals surface area contributed by atoms with Crippen molar-refractivity contribution >= 4 is 11.9 Å². The Labute approximate surface area is 151 Å². The summed E-state index contributed by atoms with van der Waals surface area (Å²) in [7, 11) is 0. The predicted molar refractivity (Wildman–Crippen MR) is 98.7 cm³/mol. The number of imidazole rings is 1. The van der Waals surface area contributed by atoms with Gasteiger partial charge in [-0.1, -0.05) is 34.1 Å². The van der Waals surface area contributed by atoms with Gasteiger partial charge in [0.25, 0.3) is 0 Å². The van der Waals surface area contributed by atoms with Crippen LogP contribution in [0.3, 0.4) is 0 Å². The number of nitrogens with zero attached hydrogens (tertiary/aromatic N) is 2. The highest BCUT2D eigenvalue weighted by atomic mass is 16.5. The number of aromatic nitrogens is 2. The van der Waals surface area contributed by atoms with Gasteiger partial charge in [0.2, 0.25) is 0 Å². The first-order valence-corrected chi connectivity index (χ1v) is 8.96. The van der Waals surface area contributed by atoms with E-state index in [-0.39, 0.29) is 17.4 Å². The standard InChI is InChI=1S/C19H33N3O3/c1-8-9-10-25-17(24)22-12-14(20-13-22)11-15(21-19(5,6)7)16(23)18(2,3)4/h12-13,15,21H,8-11H2,1-7H3. The maximum atomic E-state index is 12.8. The molecule has 0 saturated carbocycles. The number of ketones is 1. The smallest absolute Gasteiger partial charge is 0.419 e. The van der Waals surface area contributed by atoms with E-state index in [9.17, 15) is 9.59 Å². The van der Waals surface area contributed by atoms with Crippen molar-refractivity contribution in [3.05, 3.63) is 18.2 Å². The summed E-state index contributed by atoms with van der Waals surface area (Å²) >= 11 is 0. The van der Waals surface area contributed by atoms with E-state index in [0.29, 0.717) is 18.7 Å². The maximum Gasteiger partial charge on any atom is 0.419 e. The molecule has 0 aliphatic heterocycles. The second kappa shape index (κ2) is 8.61. The number of hydrogen-bond acceptors (Lipinski definition) is 5. The predicted octanol–water partition coefficient (Wildman–Crippen LogP) is 3.58. The highest BCUT2D eigenvalue weighted by Crippen LogP contribution is 2.20. The van der Waals surface area contributed by atoms with Crippen LogP contribution in [-0.2, 0) is 16.0 Å². The van der Waals surface area contributed by atoms with Gasteiger partial charge in [-0.25, -0.2) is 14.3 Å². The van der Waals surface area contributed by atoms with Crippen LogP contribution >= 0.6 is 0 Å². The van der Waals surface area contributed by atoms with E-state index in [1.807, 2.05) is 48.5 Å². The first-order valence-electron chi connectivity index (χ1n) is 8.96. The molecule has 1 aromatic rings. The lowest BCUT2D eigenvalue weighted by Crippen LogP contribution is -2.51. The number of carbonyl (C=O) groups is 2. The summed E-state index contributed by atoms with van der Waals surface area (Å²) in [5.74, 6) is 0.127. The van der Waals surface area contributed by atoms with Crippen LogP contribution in [0.2, 0.25) is 0 Å². The van der Waals surface area contributed by atoms with Crippen molar-refractivity contribution in [2.75, 3.05) is 6.61 Å². The largest absolute Gasteiger partial charge is 0.449 e. The van der Waals surface area contributed by atoms with Crippen LogP contribution in [0.1, 0.15) is 67.0 Å². The van der Waals surface area contributed by atoms with Crippen LogP contribution in [0.4, 0.5) is 4.79 Å². The van der Waals surface area contributed by atoms with Gasteiger partial charge in [-0.15, -0.1) is 0 Å². The number of carbonyl (C=O) groups excluding carboxylic acids is 2. The molecule has 0 fully saturated rings. The molecule has 0 aromatic carbocycles. The van der Waals surface area contributed by atoms with E-state index in [1.54, 1.807) is 6.20 Å². The van der Waals surface area contributed by atoms with Gasteiger partial charge < -0.3 is 10.1 Å². The molecule has 0 aliphatic rings. The molecule has 25 heavy (non-hydrogen) atoms. The fourth-order valence-electron chi connectivity index (χ4n) is 2.41. The fourth-order valence-corrected chi connectivity index (χ4v) is 2.41. The lowest BCUT2D eigenvalue weighted by atomic mass is 9.84. The molecule has 0 bridgehead atoms. The molecule has 0 radical (unpaired) electrons. The zero-order valence-corrected chi connectivity index (χ0v) is 16.7. The third kappa shape index (κ3) is 7.38. The lowest BCUT2D eigenvalue weighted by Gasteiger charge is -2.31. The SMILES string of the molecule is CCCCOC(=O)n1cnc(CC(NC(C)(C)C)C(=O)C(C)(C)C)c1.